The summed E-state index contributed by atoms with van der Waals surface area (Å²) in [5.74, 6) is 0.883. The molecule has 1 unspecified atom stereocenters. The normalized spacial score (nSPS) is 15.2. The van der Waals surface area contributed by atoms with Gasteiger partial charge in [0.05, 0.1) is 7.11 Å². The van der Waals surface area contributed by atoms with Crippen LogP contribution in [0.15, 0.2) is 60.9 Å². The lowest BCUT2D eigenvalue weighted by Gasteiger charge is -2.37. The van der Waals surface area contributed by atoms with Crippen molar-refractivity contribution < 1.29 is 9.53 Å². The fourth-order valence-corrected chi connectivity index (χ4v) is 3.65. The number of amides is 1. The highest BCUT2D eigenvalue weighted by atomic mass is 16.5. The number of tetrazole rings is 1. The Labute approximate surface area is 169 Å². The first kappa shape index (κ1) is 18.9. The summed E-state index contributed by atoms with van der Waals surface area (Å²) in [5, 5.41) is 11.4. The minimum Gasteiger partial charge on any atom is -0.497 e. The van der Waals surface area contributed by atoms with Crippen molar-refractivity contribution >= 4 is 11.6 Å². The van der Waals surface area contributed by atoms with Gasteiger partial charge in [0.1, 0.15) is 18.1 Å². The predicted octanol–water partition coefficient (Wildman–Crippen LogP) is 1.81. The second-order valence-corrected chi connectivity index (χ2v) is 7.01. The molecule has 0 N–H and O–H groups in total. The molecule has 0 radical (unpaired) electrons. The van der Waals surface area contributed by atoms with E-state index in [1.807, 2.05) is 53.4 Å². The first-order valence-corrected chi connectivity index (χ1v) is 9.69. The molecule has 2 heterocycles. The number of piperazine rings is 1. The van der Waals surface area contributed by atoms with Crippen LogP contribution in [0.3, 0.4) is 0 Å². The largest absolute Gasteiger partial charge is 0.497 e. The second-order valence-electron chi connectivity index (χ2n) is 7.01. The van der Waals surface area contributed by atoms with Gasteiger partial charge in [-0.2, -0.15) is 0 Å². The summed E-state index contributed by atoms with van der Waals surface area (Å²) in [6.45, 7) is 2.85. The molecule has 1 aromatic heterocycles. The number of hydrogen-bond donors (Lipinski definition) is 0. The molecule has 0 aliphatic carbocycles. The van der Waals surface area contributed by atoms with Crippen molar-refractivity contribution in [2.24, 2.45) is 0 Å². The lowest BCUT2D eigenvalue weighted by Crippen LogP contribution is -2.51. The summed E-state index contributed by atoms with van der Waals surface area (Å²) >= 11 is 0. The van der Waals surface area contributed by atoms with E-state index in [9.17, 15) is 4.79 Å². The van der Waals surface area contributed by atoms with E-state index < -0.39 is 6.04 Å². The van der Waals surface area contributed by atoms with Gasteiger partial charge < -0.3 is 14.5 Å². The van der Waals surface area contributed by atoms with Crippen LogP contribution < -0.4 is 9.64 Å². The molecule has 8 heteroatoms. The highest BCUT2D eigenvalue weighted by Crippen LogP contribution is 2.23. The van der Waals surface area contributed by atoms with E-state index in [2.05, 4.69) is 26.5 Å². The minimum atomic E-state index is -0.448. The van der Waals surface area contributed by atoms with E-state index in [0.717, 1.165) is 30.1 Å². The van der Waals surface area contributed by atoms with E-state index in [1.165, 1.54) is 6.33 Å². The highest BCUT2D eigenvalue weighted by Gasteiger charge is 2.30. The predicted molar refractivity (Wildman–Crippen MR) is 109 cm³/mol. The smallest absolute Gasteiger partial charge is 0.248 e. The topological polar surface area (TPSA) is 76.4 Å². The third kappa shape index (κ3) is 4.37. The van der Waals surface area contributed by atoms with Crippen molar-refractivity contribution in [2.75, 3.05) is 38.2 Å². The number of anilines is 1. The van der Waals surface area contributed by atoms with Gasteiger partial charge in [0.2, 0.25) is 5.91 Å². The third-order valence-corrected chi connectivity index (χ3v) is 5.25. The third-order valence-electron chi connectivity index (χ3n) is 5.25. The molecular weight excluding hydrogens is 368 g/mol. The molecule has 0 saturated carbocycles. The second kappa shape index (κ2) is 8.72. The number of carbonyl (C=O) groups is 1. The van der Waals surface area contributed by atoms with Crippen LogP contribution in [-0.2, 0) is 11.2 Å². The van der Waals surface area contributed by atoms with E-state index in [-0.39, 0.29) is 5.91 Å². The van der Waals surface area contributed by atoms with Crippen LogP contribution in [0.5, 0.6) is 5.75 Å². The van der Waals surface area contributed by atoms with E-state index in [1.54, 1.807) is 11.8 Å². The van der Waals surface area contributed by atoms with Crippen LogP contribution in [0.4, 0.5) is 5.69 Å². The molecule has 1 atom stereocenters. The van der Waals surface area contributed by atoms with Gasteiger partial charge in [0.15, 0.2) is 0 Å². The standard InChI is InChI=1S/C21H24N6O2/c1-29-19-9-5-8-18(15-19)25-10-12-26(13-11-25)21(28)20(27-16-22-23-24-27)14-17-6-3-2-4-7-17/h2-9,15-16,20H,10-14H2,1H3. The maximum absolute atomic E-state index is 13.3. The lowest BCUT2D eigenvalue weighted by atomic mass is 10.0. The van der Waals surface area contributed by atoms with Crippen molar-refractivity contribution in [1.29, 1.82) is 0 Å². The van der Waals surface area contributed by atoms with Crippen molar-refractivity contribution in [3.05, 3.63) is 66.5 Å². The number of hydrogen-bond acceptors (Lipinski definition) is 6. The zero-order valence-corrected chi connectivity index (χ0v) is 16.4. The summed E-state index contributed by atoms with van der Waals surface area (Å²) in [6.07, 6.45) is 2.07. The Bertz CT molecular complexity index is 923. The molecule has 1 saturated heterocycles. The molecule has 0 spiro atoms. The van der Waals surface area contributed by atoms with Gasteiger partial charge in [-0.25, -0.2) is 4.68 Å². The molecule has 1 amide bonds. The molecule has 0 bridgehead atoms. The molecule has 29 heavy (non-hydrogen) atoms. The molecule has 1 aliphatic rings. The highest BCUT2D eigenvalue weighted by molar-refractivity contribution is 5.81. The molecule has 2 aromatic carbocycles. The lowest BCUT2D eigenvalue weighted by molar-refractivity contribution is -0.135. The Kier molecular flexibility index (Phi) is 5.69. The van der Waals surface area contributed by atoms with Crippen LogP contribution in [-0.4, -0.2) is 64.3 Å². The quantitative estimate of drug-likeness (QED) is 0.637. The molecule has 1 aliphatic heterocycles. The zero-order valence-electron chi connectivity index (χ0n) is 16.4. The average Bonchev–Trinajstić information content (AvgIpc) is 3.32. The average molecular weight is 392 g/mol. The Balaban J connectivity index is 1.45. The number of aromatic nitrogens is 4. The Morgan fingerprint density at radius 1 is 1.07 bits per heavy atom. The number of methoxy groups -OCH3 is 1. The van der Waals surface area contributed by atoms with Gasteiger partial charge >= 0.3 is 0 Å². The van der Waals surface area contributed by atoms with E-state index in [4.69, 9.17) is 4.74 Å². The summed E-state index contributed by atoms with van der Waals surface area (Å²) in [5.41, 5.74) is 2.19. The number of benzene rings is 2. The maximum Gasteiger partial charge on any atom is 0.248 e. The van der Waals surface area contributed by atoms with Crippen molar-refractivity contribution in [3.63, 3.8) is 0 Å². The molecule has 1 fully saturated rings. The van der Waals surface area contributed by atoms with Crippen LogP contribution >= 0.6 is 0 Å². The van der Waals surface area contributed by atoms with Gasteiger partial charge in [-0.3, -0.25) is 4.79 Å². The molecule has 8 nitrogen and oxygen atoms in total. The van der Waals surface area contributed by atoms with Gasteiger partial charge in [-0.1, -0.05) is 36.4 Å². The number of carbonyl (C=O) groups excluding carboxylic acids is 1. The molecule has 150 valence electrons. The first-order chi connectivity index (χ1) is 14.2. The SMILES string of the molecule is COc1cccc(N2CCN(C(=O)C(Cc3ccccc3)n3cnnn3)CC2)c1. The fraction of sp³-hybridized carbons (Fsp3) is 0.333. The molecule has 4 rings (SSSR count). The van der Waals surface area contributed by atoms with Gasteiger partial charge in [0, 0.05) is 44.4 Å². The molecule has 3 aromatic rings. The monoisotopic (exact) mass is 392 g/mol. The van der Waals surface area contributed by atoms with Gasteiger partial charge in [-0.05, 0) is 28.1 Å². The van der Waals surface area contributed by atoms with E-state index in [0.29, 0.717) is 19.5 Å². The summed E-state index contributed by atoms with van der Waals surface area (Å²) in [4.78, 5) is 17.5. The van der Waals surface area contributed by atoms with Crippen molar-refractivity contribution in [3.8, 4) is 5.75 Å². The van der Waals surface area contributed by atoms with Crippen LogP contribution in [0.2, 0.25) is 0 Å². The summed E-state index contributed by atoms with van der Waals surface area (Å²) in [6, 6.07) is 17.5. The minimum absolute atomic E-state index is 0.0476. The number of rotatable bonds is 6. The van der Waals surface area contributed by atoms with Gasteiger partial charge in [0.25, 0.3) is 0 Å². The van der Waals surface area contributed by atoms with Crippen LogP contribution in [0.25, 0.3) is 0 Å². The molecular formula is C21H24N6O2. The zero-order chi connectivity index (χ0) is 20.1. The number of nitrogens with zero attached hydrogens (tertiary/aromatic N) is 6. The van der Waals surface area contributed by atoms with Crippen molar-refractivity contribution in [2.45, 2.75) is 12.5 Å². The summed E-state index contributed by atoms with van der Waals surface area (Å²) in [7, 11) is 1.67. The van der Waals surface area contributed by atoms with Crippen LogP contribution in [0, 0.1) is 0 Å². The Morgan fingerprint density at radius 3 is 2.55 bits per heavy atom. The van der Waals surface area contributed by atoms with Gasteiger partial charge in [-0.15, -0.1) is 5.10 Å². The maximum atomic E-state index is 13.3. The van der Waals surface area contributed by atoms with Crippen LogP contribution in [0.1, 0.15) is 11.6 Å². The fourth-order valence-electron chi connectivity index (χ4n) is 3.65. The first-order valence-electron chi connectivity index (χ1n) is 9.69. The Morgan fingerprint density at radius 2 is 1.86 bits per heavy atom. The van der Waals surface area contributed by atoms with E-state index >= 15 is 0 Å². The van der Waals surface area contributed by atoms with Crippen molar-refractivity contribution in [1.82, 2.24) is 25.1 Å². The Hall–Kier alpha value is -3.42. The summed E-state index contributed by atoms with van der Waals surface area (Å²) < 4.78 is 6.88. The number of ether oxygens (including phenoxy) is 1.